The topological polar surface area (TPSA) is 18.5 Å². The van der Waals surface area contributed by atoms with Crippen LogP contribution in [0.25, 0.3) is 0 Å². The Balaban J connectivity index is 1.45. The molecule has 0 amide bonds. The molecule has 1 aromatic rings. The van der Waals surface area contributed by atoms with Gasteiger partial charge >= 0.3 is 0 Å². The number of ether oxygens (including phenoxy) is 2. The first-order valence-electron chi connectivity index (χ1n) is 11.7. The van der Waals surface area contributed by atoms with Gasteiger partial charge in [0.25, 0.3) is 0 Å². The van der Waals surface area contributed by atoms with E-state index in [0.29, 0.717) is 11.5 Å². The smallest absolute Gasteiger partial charge is 0.228 e. The predicted molar refractivity (Wildman–Crippen MR) is 118 cm³/mol. The van der Waals surface area contributed by atoms with E-state index < -0.39 is 23.2 Å². The summed E-state index contributed by atoms with van der Waals surface area (Å²) in [6.45, 7) is 0.491. The molecule has 2 saturated carbocycles. The van der Waals surface area contributed by atoms with Gasteiger partial charge in [0.2, 0.25) is 13.7 Å². The summed E-state index contributed by atoms with van der Waals surface area (Å²) >= 11 is 0. The van der Waals surface area contributed by atoms with Crippen LogP contribution in [0.4, 0.5) is 8.78 Å². The number of benzene rings is 1. The van der Waals surface area contributed by atoms with E-state index in [1.54, 1.807) is 6.07 Å². The van der Waals surface area contributed by atoms with Crippen LogP contribution in [0.2, 0.25) is 6.04 Å². The fourth-order valence-electron chi connectivity index (χ4n) is 5.81. The fraction of sp³-hybridized carbons (Fsp3) is 0.750. The molecule has 2 fully saturated rings. The van der Waals surface area contributed by atoms with E-state index in [1.807, 2.05) is 12.1 Å². The monoisotopic (exact) mass is 424 g/mol. The molecule has 0 atom stereocenters. The highest BCUT2D eigenvalue weighted by molar-refractivity contribution is 6.54. The lowest BCUT2D eigenvalue weighted by molar-refractivity contribution is 0.147. The van der Waals surface area contributed by atoms with Crippen LogP contribution in [0.3, 0.4) is 0 Å². The van der Waals surface area contributed by atoms with Crippen molar-refractivity contribution in [3.8, 4) is 11.5 Å². The average Bonchev–Trinajstić information content (AvgIpc) is 2.75. The second kappa shape index (κ2) is 11.9. The molecule has 29 heavy (non-hydrogen) atoms. The summed E-state index contributed by atoms with van der Waals surface area (Å²) in [5, 5.41) is 1.06. The molecule has 0 aromatic heterocycles. The Kier molecular flexibility index (Phi) is 9.28. The standard InChI is InChI=1S/C24H38F2O2Si/c1-2-4-18-7-11-20(12-8-18)21-13-9-19(10-14-21)15-29-23-6-3-5-22(27-16-25)24(23)28-17-26/h3,5-6,18-21H,2,4,7-17,29H2,1H3. The third-order valence-corrected chi connectivity index (χ3v) is 9.64. The third-order valence-electron chi connectivity index (χ3n) is 7.44. The van der Waals surface area contributed by atoms with E-state index in [9.17, 15) is 8.78 Å². The summed E-state index contributed by atoms with van der Waals surface area (Å²) in [6, 6.07) is 6.74. The van der Waals surface area contributed by atoms with Crippen LogP contribution in [-0.4, -0.2) is 23.2 Å². The highest BCUT2D eigenvalue weighted by Gasteiger charge is 2.30. The first kappa shape index (κ1) is 22.6. The molecule has 0 heterocycles. The Morgan fingerprint density at radius 1 is 0.862 bits per heavy atom. The minimum atomic E-state index is -0.919. The normalized spacial score (nSPS) is 28.0. The molecule has 0 saturated heterocycles. The Labute approximate surface area is 177 Å². The van der Waals surface area contributed by atoms with Crippen molar-refractivity contribution in [3.63, 3.8) is 0 Å². The zero-order valence-corrected chi connectivity index (χ0v) is 19.4. The number of halogens is 2. The zero-order valence-electron chi connectivity index (χ0n) is 18.0. The number of hydrogen-bond acceptors (Lipinski definition) is 2. The fourth-order valence-corrected chi connectivity index (χ4v) is 7.92. The van der Waals surface area contributed by atoms with Crippen LogP contribution in [0, 0.1) is 23.7 Å². The van der Waals surface area contributed by atoms with Crippen molar-refractivity contribution in [2.24, 2.45) is 23.7 Å². The molecule has 0 radical (unpaired) electrons. The van der Waals surface area contributed by atoms with Gasteiger partial charge in [-0.1, -0.05) is 63.6 Å². The van der Waals surface area contributed by atoms with Crippen LogP contribution < -0.4 is 14.7 Å². The van der Waals surface area contributed by atoms with Gasteiger partial charge in [0, 0.05) is 0 Å². The maximum absolute atomic E-state index is 12.8. The summed E-state index contributed by atoms with van der Waals surface area (Å²) < 4.78 is 35.6. The van der Waals surface area contributed by atoms with Crippen molar-refractivity contribution >= 4 is 14.7 Å². The van der Waals surface area contributed by atoms with Gasteiger partial charge in [-0.05, 0) is 60.6 Å². The second-order valence-corrected chi connectivity index (χ2v) is 11.0. The summed E-state index contributed by atoms with van der Waals surface area (Å²) in [5.41, 5.74) is 0. The highest BCUT2D eigenvalue weighted by Crippen LogP contribution is 2.42. The quantitative estimate of drug-likeness (QED) is 0.434. The Morgan fingerprint density at radius 2 is 1.48 bits per heavy atom. The molecule has 0 aliphatic heterocycles. The van der Waals surface area contributed by atoms with Gasteiger partial charge in [0.15, 0.2) is 11.5 Å². The van der Waals surface area contributed by atoms with Crippen molar-refractivity contribution in [2.75, 3.05) is 13.7 Å². The van der Waals surface area contributed by atoms with Crippen LogP contribution in [0.5, 0.6) is 11.5 Å². The Hall–Kier alpha value is -1.10. The van der Waals surface area contributed by atoms with Gasteiger partial charge in [-0.3, -0.25) is 0 Å². The maximum Gasteiger partial charge on any atom is 0.228 e. The predicted octanol–water partition coefficient (Wildman–Crippen LogP) is 5.92. The van der Waals surface area contributed by atoms with Crippen molar-refractivity contribution in [2.45, 2.75) is 77.2 Å². The van der Waals surface area contributed by atoms with Gasteiger partial charge in [-0.25, -0.2) is 8.78 Å². The molecule has 164 valence electrons. The Morgan fingerprint density at radius 3 is 2.07 bits per heavy atom. The van der Waals surface area contributed by atoms with E-state index in [0.717, 1.165) is 28.9 Å². The lowest BCUT2D eigenvalue weighted by Crippen LogP contribution is -2.27. The summed E-state index contributed by atoms with van der Waals surface area (Å²) in [7, 11) is -0.591. The number of alkyl halides is 2. The second-order valence-electron chi connectivity index (χ2n) is 9.14. The number of hydrogen-bond donors (Lipinski definition) is 0. The van der Waals surface area contributed by atoms with Gasteiger partial charge < -0.3 is 9.47 Å². The summed E-state index contributed by atoms with van der Waals surface area (Å²) in [4.78, 5) is 0. The SMILES string of the molecule is CCCC1CCC(C2CCC(C[SiH2]c3cccc(OCF)c3OCF)CC2)CC1. The van der Waals surface area contributed by atoms with Crippen LogP contribution >= 0.6 is 0 Å². The van der Waals surface area contributed by atoms with E-state index in [2.05, 4.69) is 6.92 Å². The highest BCUT2D eigenvalue weighted by atomic mass is 28.2. The molecule has 2 nitrogen and oxygen atoms in total. The molecule has 0 bridgehead atoms. The molecule has 2 aliphatic rings. The number of para-hydroxylation sites is 1. The first-order valence-corrected chi connectivity index (χ1v) is 13.4. The average molecular weight is 425 g/mol. The molecule has 2 aliphatic carbocycles. The molecule has 0 spiro atoms. The molecule has 0 unspecified atom stereocenters. The molecule has 1 aromatic carbocycles. The van der Waals surface area contributed by atoms with Crippen molar-refractivity contribution in [1.29, 1.82) is 0 Å². The lowest BCUT2D eigenvalue weighted by atomic mass is 9.69. The van der Waals surface area contributed by atoms with Gasteiger partial charge in [0.05, 0.1) is 9.52 Å². The Bertz CT molecular complexity index is 597. The molecular weight excluding hydrogens is 386 g/mol. The van der Waals surface area contributed by atoms with Crippen molar-refractivity contribution in [3.05, 3.63) is 18.2 Å². The van der Waals surface area contributed by atoms with E-state index in [4.69, 9.17) is 9.47 Å². The minimum absolute atomic E-state index is 0.331. The summed E-state index contributed by atoms with van der Waals surface area (Å²) in [5.74, 6) is 4.46. The van der Waals surface area contributed by atoms with Crippen LogP contribution in [-0.2, 0) is 0 Å². The first-order chi connectivity index (χ1) is 14.2. The van der Waals surface area contributed by atoms with Gasteiger partial charge in [-0.15, -0.1) is 0 Å². The molecule has 0 N–H and O–H groups in total. The van der Waals surface area contributed by atoms with Crippen molar-refractivity contribution in [1.82, 2.24) is 0 Å². The van der Waals surface area contributed by atoms with Crippen molar-refractivity contribution < 1.29 is 18.3 Å². The van der Waals surface area contributed by atoms with E-state index in [-0.39, 0.29) is 0 Å². The van der Waals surface area contributed by atoms with Gasteiger partial charge in [0.1, 0.15) is 0 Å². The van der Waals surface area contributed by atoms with Crippen LogP contribution in [0.15, 0.2) is 18.2 Å². The molecule has 3 rings (SSSR count). The maximum atomic E-state index is 12.8. The molecular formula is C24H38F2O2Si. The zero-order chi connectivity index (χ0) is 20.5. The summed E-state index contributed by atoms with van der Waals surface area (Å²) in [6.07, 6.45) is 14.1. The largest absolute Gasteiger partial charge is 0.459 e. The lowest BCUT2D eigenvalue weighted by Gasteiger charge is -2.38. The van der Waals surface area contributed by atoms with E-state index >= 15 is 0 Å². The number of rotatable bonds is 10. The minimum Gasteiger partial charge on any atom is -0.459 e. The molecule has 5 heteroatoms. The van der Waals surface area contributed by atoms with Crippen LogP contribution in [0.1, 0.15) is 71.1 Å². The van der Waals surface area contributed by atoms with Gasteiger partial charge in [-0.2, -0.15) is 0 Å². The third kappa shape index (κ3) is 6.44. The van der Waals surface area contributed by atoms with E-state index in [1.165, 1.54) is 70.3 Å².